The molecule has 0 saturated carbocycles. The van der Waals surface area contributed by atoms with Gasteiger partial charge in [-0.1, -0.05) is 6.42 Å². The number of carbonyl (C=O) groups is 1. The largest absolute Gasteiger partial charge is 0.423 e. The topological polar surface area (TPSA) is 26.3 Å². The molecule has 0 aliphatic heterocycles. The Kier molecular flexibility index (Phi) is 3.63. The fraction of sp³-hybridized carbons (Fsp3) is 0.625. The van der Waals surface area contributed by atoms with Crippen LogP contribution in [-0.4, -0.2) is 4.88 Å². The van der Waals surface area contributed by atoms with E-state index >= 15 is 0 Å². The monoisotopic (exact) mass is 218 g/mol. The van der Waals surface area contributed by atoms with Gasteiger partial charge < -0.3 is 4.74 Å². The fourth-order valence-corrected chi connectivity index (χ4v) is 1.39. The zero-order valence-electron chi connectivity index (χ0n) is 6.31. The van der Waals surface area contributed by atoms with Crippen molar-refractivity contribution in [2.24, 2.45) is 0 Å². The number of hydrogen-bond donors (Lipinski definition) is 0. The highest BCUT2D eigenvalue weighted by atomic mass is 79.9. The lowest BCUT2D eigenvalue weighted by Gasteiger charge is -2.01. The summed E-state index contributed by atoms with van der Waals surface area (Å²) in [5.41, 5.74) is 0. The Hall–Kier alpha value is -0.310. The molecule has 0 aromatic heterocycles. The van der Waals surface area contributed by atoms with E-state index in [-0.39, 0.29) is 4.88 Å². The lowest BCUT2D eigenvalue weighted by Crippen LogP contribution is -1.92. The summed E-state index contributed by atoms with van der Waals surface area (Å²) < 4.78 is 4.91. The third kappa shape index (κ3) is 3.56. The molecule has 1 aliphatic carbocycles. The van der Waals surface area contributed by atoms with Gasteiger partial charge in [0.25, 0.3) is 0 Å². The number of rotatable bonds is 1. The lowest BCUT2D eigenvalue weighted by atomic mass is 10.2. The van der Waals surface area contributed by atoms with Crippen LogP contribution in [0.5, 0.6) is 0 Å². The van der Waals surface area contributed by atoms with Gasteiger partial charge in [0, 0.05) is 22.4 Å². The van der Waals surface area contributed by atoms with Gasteiger partial charge in [-0.3, -0.25) is 0 Å². The van der Waals surface area contributed by atoms with E-state index < -0.39 is 0 Å². The van der Waals surface area contributed by atoms with E-state index in [0.717, 1.165) is 25.0 Å². The van der Waals surface area contributed by atoms with Crippen LogP contribution in [0.2, 0.25) is 0 Å². The SMILES string of the molecule is O=C(Br)OC1=CCCCCC1. The van der Waals surface area contributed by atoms with Crippen LogP contribution in [0.15, 0.2) is 11.8 Å². The second-order valence-electron chi connectivity index (χ2n) is 2.61. The molecule has 0 N–H and O–H groups in total. The highest BCUT2D eigenvalue weighted by Crippen LogP contribution is 2.18. The molecule has 0 aromatic rings. The minimum atomic E-state index is -0.384. The van der Waals surface area contributed by atoms with Gasteiger partial charge in [-0.25, -0.2) is 4.79 Å². The van der Waals surface area contributed by atoms with Crippen molar-refractivity contribution in [3.8, 4) is 0 Å². The van der Waals surface area contributed by atoms with Crippen LogP contribution in [-0.2, 0) is 4.74 Å². The minimum Gasteiger partial charge on any atom is -0.423 e. The van der Waals surface area contributed by atoms with Crippen molar-refractivity contribution in [3.05, 3.63) is 11.8 Å². The molecule has 3 heteroatoms. The van der Waals surface area contributed by atoms with Gasteiger partial charge in [-0.2, -0.15) is 0 Å². The summed E-state index contributed by atoms with van der Waals surface area (Å²) in [4.78, 5) is 10.1. The quantitative estimate of drug-likeness (QED) is 0.632. The summed E-state index contributed by atoms with van der Waals surface area (Å²) in [5.74, 6) is 0.823. The van der Waals surface area contributed by atoms with Gasteiger partial charge >= 0.3 is 4.88 Å². The minimum absolute atomic E-state index is 0.384. The van der Waals surface area contributed by atoms with Crippen molar-refractivity contribution >= 4 is 20.8 Å². The van der Waals surface area contributed by atoms with E-state index in [4.69, 9.17) is 4.74 Å². The summed E-state index contributed by atoms with van der Waals surface area (Å²) in [6, 6.07) is 0. The number of carbonyl (C=O) groups excluding carboxylic acids is 1. The number of allylic oxidation sites excluding steroid dienone is 2. The van der Waals surface area contributed by atoms with E-state index in [1.807, 2.05) is 6.08 Å². The maximum absolute atomic E-state index is 10.5. The Morgan fingerprint density at radius 3 is 3.00 bits per heavy atom. The molecule has 0 fully saturated rings. The van der Waals surface area contributed by atoms with Crippen molar-refractivity contribution in [1.29, 1.82) is 0 Å². The molecular formula is C8H11BrO2. The van der Waals surface area contributed by atoms with Crippen LogP contribution >= 0.6 is 15.9 Å². The maximum atomic E-state index is 10.5. The maximum Gasteiger partial charge on any atom is 0.379 e. The second kappa shape index (κ2) is 4.54. The first-order valence-electron chi connectivity index (χ1n) is 3.85. The van der Waals surface area contributed by atoms with Gasteiger partial charge in [-0.05, 0) is 25.3 Å². The van der Waals surface area contributed by atoms with Gasteiger partial charge in [0.2, 0.25) is 0 Å². The molecule has 0 heterocycles. The molecule has 11 heavy (non-hydrogen) atoms. The molecule has 1 rings (SSSR count). The highest BCUT2D eigenvalue weighted by Gasteiger charge is 2.05. The summed E-state index contributed by atoms with van der Waals surface area (Å²) >= 11 is 2.73. The number of ether oxygens (including phenoxy) is 1. The first-order chi connectivity index (χ1) is 5.29. The molecule has 0 saturated heterocycles. The molecule has 0 atom stereocenters. The van der Waals surface area contributed by atoms with Crippen LogP contribution in [0.1, 0.15) is 32.1 Å². The Labute approximate surface area is 74.7 Å². The summed E-state index contributed by atoms with van der Waals surface area (Å²) in [6.45, 7) is 0. The van der Waals surface area contributed by atoms with Crippen LogP contribution < -0.4 is 0 Å². The molecule has 0 aromatic carbocycles. The molecule has 2 nitrogen and oxygen atoms in total. The van der Waals surface area contributed by atoms with Crippen LogP contribution in [0, 0.1) is 0 Å². The number of hydrogen-bond acceptors (Lipinski definition) is 2. The van der Waals surface area contributed by atoms with E-state index in [9.17, 15) is 4.79 Å². The summed E-state index contributed by atoms with van der Waals surface area (Å²) in [6.07, 6.45) is 7.52. The normalized spacial score (nSPS) is 18.5. The van der Waals surface area contributed by atoms with E-state index in [1.54, 1.807) is 0 Å². The van der Waals surface area contributed by atoms with Crippen LogP contribution in [0.25, 0.3) is 0 Å². The fourth-order valence-electron chi connectivity index (χ4n) is 1.18. The first kappa shape index (κ1) is 8.78. The Balaban J connectivity index is 2.40. The van der Waals surface area contributed by atoms with Gasteiger partial charge in [-0.15, -0.1) is 0 Å². The first-order valence-corrected chi connectivity index (χ1v) is 4.64. The Morgan fingerprint density at radius 1 is 1.45 bits per heavy atom. The highest BCUT2D eigenvalue weighted by molar-refractivity contribution is 9.18. The summed E-state index contributed by atoms with van der Waals surface area (Å²) in [5, 5.41) is 0. The molecule has 0 unspecified atom stereocenters. The standard InChI is InChI=1S/C8H11BrO2/c9-8(10)11-7-5-3-1-2-4-6-7/h5H,1-4,6H2. The van der Waals surface area contributed by atoms with Crippen molar-refractivity contribution in [2.75, 3.05) is 0 Å². The second-order valence-corrected chi connectivity index (χ2v) is 3.26. The third-order valence-electron chi connectivity index (χ3n) is 1.71. The van der Waals surface area contributed by atoms with Crippen LogP contribution in [0.4, 0.5) is 4.79 Å². The predicted molar refractivity (Wildman–Crippen MR) is 46.6 cm³/mol. The molecule has 1 aliphatic rings. The van der Waals surface area contributed by atoms with E-state index in [0.29, 0.717) is 0 Å². The average Bonchev–Trinajstić information content (AvgIpc) is 2.14. The third-order valence-corrected chi connectivity index (χ3v) is 1.87. The van der Waals surface area contributed by atoms with Crippen molar-refractivity contribution < 1.29 is 9.53 Å². The van der Waals surface area contributed by atoms with Crippen molar-refractivity contribution in [1.82, 2.24) is 0 Å². The molecule has 0 spiro atoms. The molecule has 0 radical (unpaired) electrons. The summed E-state index contributed by atoms with van der Waals surface area (Å²) in [7, 11) is 0. The zero-order valence-corrected chi connectivity index (χ0v) is 7.89. The number of halogens is 1. The smallest absolute Gasteiger partial charge is 0.379 e. The molecule has 0 amide bonds. The van der Waals surface area contributed by atoms with E-state index in [1.165, 1.54) is 12.8 Å². The zero-order chi connectivity index (χ0) is 8.10. The molecular weight excluding hydrogens is 208 g/mol. The Morgan fingerprint density at radius 2 is 2.27 bits per heavy atom. The van der Waals surface area contributed by atoms with Crippen molar-refractivity contribution in [3.63, 3.8) is 0 Å². The van der Waals surface area contributed by atoms with Crippen LogP contribution in [0.3, 0.4) is 0 Å². The van der Waals surface area contributed by atoms with E-state index in [2.05, 4.69) is 15.9 Å². The van der Waals surface area contributed by atoms with Gasteiger partial charge in [0.1, 0.15) is 5.76 Å². The average molecular weight is 219 g/mol. The lowest BCUT2D eigenvalue weighted by molar-refractivity contribution is 0.202. The molecule has 62 valence electrons. The van der Waals surface area contributed by atoms with Crippen molar-refractivity contribution in [2.45, 2.75) is 32.1 Å². The predicted octanol–water partition coefficient (Wildman–Crippen LogP) is 3.37. The molecule has 0 bridgehead atoms. The van der Waals surface area contributed by atoms with Gasteiger partial charge in [0.05, 0.1) is 0 Å². The Bertz CT molecular complexity index is 175. The van der Waals surface area contributed by atoms with Gasteiger partial charge in [0.15, 0.2) is 0 Å².